The monoisotopic (exact) mass is 435 g/mol. The molecule has 0 aromatic heterocycles. The van der Waals surface area contributed by atoms with E-state index in [0.717, 1.165) is 22.3 Å². The molecule has 4 rings (SSSR count). The van der Waals surface area contributed by atoms with Crippen molar-refractivity contribution >= 4 is 29.4 Å². The van der Waals surface area contributed by atoms with E-state index in [1.54, 1.807) is 12.1 Å². The van der Waals surface area contributed by atoms with Crippen LogP contribution in [-0.2, 0) is 14.4 Å². The molecule has 2 aromatic rings. The van der Waals surface area contributed by atoms with Gasteiger partial charge in [0.1, 0.15) is 6.04 Å². The van der Waals surface area contributed by atoms with Crippen molar-refractivity contribution in [1.82, 2.24) is 10.2 Å². The number of carbonyl (C=O) groups excluding carboxylic acids is 3. The number of nitrogens with one attached hydrogen (secondary N) is 2. The molecule has 8 nitrogen and oxygen atoms in total. The number of aliphatic carboxylic acids is 1. The second kappa shape index (κ2) is 8.45. The zero-order valence-corrected chi connectivity index (χ0v) is 18.0. The summed E-state index contributed by atoms with van der Waals surface area (Å²) in [5, 5.41) is 14.3. The third kappa shape index (κ3) is 3.95. The first kappa shape index (κ1) is 21.5. The first-order valence-electron chi connectivity index (χ1n) is 10.6. The quantitative estimate of drug-likeness (QED) is 0.667. The Labute approximate surface area is 185 Å². The second-order valence-electron chi connectivity index (χ2n) is 8.30. The largest absolute Gasteiger partial charge is 0.481 e. The van der Waals surface area contributed by atoms with Crippen LogP contribution in [0.2, 0.25) is 0 Å². The maximum Gasteiger partial charge on any atom is 0.303 e. The fourth-order valence-corrected chi connectivity index (χ4v) is 4.42. The summed E-state index contributed by atoms with van der Waals surface area (Å²) in [6, 6.07) is 10.0. The van der Waals surface area contributed by atoms with Crippen molar-refractivity contribution in [3.05, 3.63) is 53.1 Å². The number of benzene rings is 2. The van der Waals surface area contributed by atoms with E-state index in [1.165, 1.54) is 4.90 Å². The minimum absolute atomic E-state index is 0.173. The van der Waals surface area contributed by atoms with Crippen LogP contribution in [-0.4, -0.2) is 52.3 Å². The summed E-state index contributed by atoms with van der Waals surface area (Å²) in [7, 11) is 0. The molecule has 2 heterocycles. The van der Waals surface area contributed by atoms with Crippen LogP contribution in [0, 0.1) is 13.8 Å². The van der Waals surface area contributed by atoms with Gasteiger partial charge in [0.15, 0.2) is 0 Å². The van der Waals surface area contributed by atoms with Gasteiger partial charge < -0.3 is 20.6 Å². The van der Waals surface area contributed by atoms with E-state index in [0.29, 0.717) is 24.2 Å². The average Bonchev–Trinajstić information content (AvgIpc) is 3.13. The fourth-order valence-electron chi connectivity index (χ4n) is 4.42. The minimum Gasteiger partial charge on any atom is -0.481 e. The molecule has 1 saturated heterocycles. The number of carboxylic acid groups (broad SMARTS) is 1. The second-order valence-corrected chi connectivity index (χ2v) is 8.30. The molecule has 1 fully saturated rings. The molecule has 0 radical (unpaired) electrons. The average molecular weight is 435 g/mol. The van der Waals surface area contributed by atoms with Crippen molar-refractivity contribution in [2.24, 2.45) is 0 Å². The summed E-state index contributed by atoms with van der Waals surface area (Å²) in [4.78, 5) is 50.7. The van der Waals surface area contributed by atoms with Gasteiger partial charge in [-0.05, 0) is 54.7 Å². The van der Waals surface area contributed by atoms with Crippen LogP contribution in [0.15, 0.2) is 36.4 Å². The molecule has 0 spiro atoms. The van der Waals surface area contributed by atoms with Gasteiger partial charge in [-0.15, -0.1) is 0 Å². The lowest BCUT2D eigenvalue weighted by atomic mass is 9.95. The van der Waals surface area contributed by atoms with Gasteiger partial charge in [0.25, 0.3) is 5.91 Å². The van der Waals surface area contributed by atoms with Crippen LogP contribution < -0.4 is 10.6 Å². The predicted molar refractivity (Wildman–Crippen MR) is 118 cm³/mol. The smallest absolute Gasteiger partial charge is 0.303 e. The van der Waals surface area contributed by atoms with Gasteiger partial charge in [0, 0.05) is 13.0 Å². The lowest BCUT2D eigenvalue weighted by molar-refractivity contribution is -0.139. The van der Waals surface area contributed by atoms with Crippen molar-refractivity contribution in [3.63, 3.8) is 0 Å². The van der Waals surface area contributed by atoms with Gasteiger partial charge in [-0.2, -0.15) is 0 Å². The molecule has 2 aromatic carbocycles. The van der Waals surface area contributed by atoms with E-state index >= 15 is 0 Å². The van der Waals surface area contributed by atoms with Crippen molar-refractivity contribution < 1.29 is 24.3 Å². The SMILES string of the molecule is Cc1cccc(-c2ccc3c(c2)C(=O)N2CCC(NC(=O)CCC(=O)O)C2C(=O)N3)c1C. The molecule has 2 atom stereocenters. The van der Waals surface area contributed by atoms with Crippen LogP contribution in [0.1, 0.15) is 40.7 Å². The molecule has 166 valence electrons. The summed E-state index contributed by atoms with van der Waals surface area (Å²) in [6.07, 6.45) is -0.0349. The highest BCUT2D eigenvalue weighted by Gasteiger charge is 2.45. The van der Waals surface area contributed by atoms with Crippen LogP contribution in [0.5, 0.6) is 0 Å². The Balaban J connectivity index is 1.61. The number of hydrogen-bond donors (Lipinski definition) is 3. The van der Waals surface area contributed by atoms with Gasteiger partial charge in [0.05, 0.1) is 23.7 Å². The Morgan fingerprint density at radius 2 is 1.91 bits per heavy atom. The number of amides is 3. The zero-order valence-electron chi connectivity index (χ0n) is 18.0. The van der Waals surface area contributed by atoms with E-state index in [1.807, 2.05) is 38.1 Å². The molecular formula is C24H25N3O5. The summed E-state index contributed by atoms with van der Waals surface area (Å²) in [5.41, 5.74) is 5.05. The number of hydrogen-bond acceptors (Lipinski definition) is 4. The standard InChI is InChI=1S/C24H25N3O5/c1-13-4-3-5-16(14(13)2)15-6-7-18-17(12-15)24(32)27-11-10-19(22(27)23(31)26-18)25-20(28)8-9-21(29)30/h3-7,12,19,22H,8-11H2,1-2H3,(H,25,28)(H,26,31)(H,29,30). The number of nitrogens with zero attached hydrogens (tertiary/aromatic N) is 1. The first-order valence-corrected chi connectivity index (χ1v) is 10.6. The summed E-state index contributed by atoms with van der Waals surface area (Å²) < 4.78 is 0. The Morgan fingerprint density at radius 3 is 2.66 bits per heavy atom. The molecule has 8 heteroatoms. The van der Waals surface area contributed by atoms with Crippen LogP contribution in [0.25, 0.3) is 11.1 Å². The Hall–Kier alpha value is -3.68. The third-order valence-electron chi connectivity index (χ3n) is 6.26. The first-order chi connectivity index (χ1) is 15.3. The Bertz CT molecular complexity index is 1130. The summed E-state index contributed by atoms with van der Waals surface area (Å²) in [6.45, 7) is 4.40. The maximum atomic E-state index is 13.4. The lowest BCUT2D eigenvalue weighted by Crippen LogP contribution is -2.51. The van der Waals surface area contributed by atoms with Gasteiger partial charge in [-0.3, -0.25) is 19.2 Å². The molecule has 3 amide bonds. The number of aryl methyl sites for hydroxylation is 1. The Morgan fingerprint density at radius 1 is 1.12 bits per heavy atom. The van der Waals surface area contributed by atoms with E-state index in [4.69, 9.17) is 5.11 Å². The van der Waals surface area contributed by atoms with E-state index in [2.05, 4.69) is 10.6 Å². The summed E-state index contributed by atoms with van der Waals surface area (Å²) in [5.74, 6) is -2.14. The molecule has 0 saturated carbocycles. The molecule has 2 unspecified atom stereocenters. The van der Waals surface area contributed by atoms with Gasteiger partial charge in [-0.25, -0.2) is 0 Å². The van der Waals surface area contributed by atoms with Crippen molar-refractivity contribution in [1.29, 1.82) is 0 Å². The Kier molecular flexibility index (Phi) is 5.69. The number of carboxylic acids is 1. The van der Waals surface area contributed by atoms with Crippen LogP contribution in [0.3, 0.4) is 0 Å². The molecule has 2 aliphatic rings. The topological polar surface area (TPSA) is 116 Å². The zero-order chi connectivity index (χ0) is 23.0. The van der Waals surface area contributed by atoms with Gasteiger partial charge in [0.2, 0.25) is 11.8 Å². The highest BCUT2D eigenvalue weighted by Crippen LogP contribution is 2.33. The fraction of sp³-hybridized carbons (Fsp3) is 0.333. The van der Waals surface area contributed by atoms with Gasteiger partial charge >= 0.3 is 5.97 Å². The molecular weight excluding hydrogens is 410 g/mol. The van der Waals surface area contributed by atoms with E-state index in [-0.39, 0.29) is 24.7 Å². The summed E-state index contributed by atoms with van der Waals surface area (Å²) >= 11 is 0. The highest BCUT2D eigenvalue weighted by atomic mass is 16.4. The van der Waals surface area contributed by atoms with E-state index < -0.39 is 24.0 Å². The number of fused-ring (bicyclic) bond motifs is 2. The van der Waals surface area contributed by atoms with E-state index in [9.17, 15) is 19.2 Å². The normalized spacial score (nSPS) is 19.6. The van der Waals surface area contributed by atoms with Crippen molar-refractivity contribution in [2.75, 3.05) is 11.9 Å². The maximum absolute atomic E-state index is 13.4. The number of anilines is 1. The highest BCUT2D eigenvalue weighted by molar-refractivity contribution is 6.11. The molecule has 3 N–H and O–H groups in total. The van der Waals surface area contributed by atoms with Crippen molar-refractivity contribution in [2.45, 2.75) is 45.2 Å². The lowest BCUT2D eigenvalue weighted by Gasteiger charge is -2.25. The number of carbonyl (C=O) groups is 4. The molecule has 0 bridgehead atoms. The molecule has 2 aliphatic heterocycles. The molecule has 32 heavy (non-hydrogen) atoms. The van der Waals surface area contributed by atoms with Crippen molar-refractivity contribution in [3.8, 4) is 11.1 Å². The number of rotatable bonds is 5. The minimum atomic E-state index is -1.06. The van der Waals surface area contributed by atoms with Gasteiger partial charge in [-0.1, -0.05) is 24.3 Å². The molecule has 0 aliphatic carbocycles. The van der Waals surface area contributed by atoms with Crippen LogP contribution >= 0.6 is 0 Å². The third-order valence-corrected chi connectivity index (χ3v) is 6.26. The predicted octanol–water partition coefficient (Wildman–Crippen LogP) is 2.49. The van der Waals surface area contributed by atoms with Crippen LogP contribution in [0.4, 0.5) is 5.69 Å².